The van der Waals surface area contributed by atoms with E-state index >= 15 is 0 Å². The SMILES string of the molecule is CC/C=C\C/C=C\C/C=C\C/C=C\CCCCCCCOCC(COP(=O)(O)OCC[N+](C)(C)C)OC(=O)CCCCCCCCCCCCCCCCC. The number of likely N-dealkylation sites (N-methyl/N-ethyl adjacent to an activating group) is 1. The van der Waals surface area contributed by atoms with E-state index in [0.29, 0.717) is 24.1 Å². The number of ether oxygens (including phenoxy) is 2. The second kappa shape index (κ2) is 39.3. The largest absolute Gasteiger partial charge is 0.472 e. The topological polar surface area (TPSA) is 91.3 Å². The van der Waals surface area contributed by atoms with Gasteiger partial charge in [0.1, 0.15) is 19.3 Å². The number of nitrogens with zero attached hydrogens (tertiary/aromatic N) is 1. The summed E-state index contributed by atoms with van der Waals surface area (Å²) in [5.41, 5.74) is 0. The van der Waals surface area contributed by atoms with Gasteiger partial charge in [-0.1, -0.05) is 172 Å². The monoisotopic (exact) mass is 797 g/mol. The molecule has 0 aliphatic heterocycles. The lowest BCUT2D eigenvalue weighted by Crippen LogP contribution is -2.37. The van der Waals surface area contributed by atoms with Crippen LogP contribution in [0.4, 0.5) is 0 Å². The molecule has 0 bridgehead atoms. The summed E-state index contributed by atoms with van der Waals surface area (Å²) in [5, 5.41) is 0. The van der Waals surface area contributed by atoms with Gasteiger partial charge in [0.15, 0.2) is 0 Å². The molecule has 1 N–H and O–H groups in total. The molecule has 0 aromatic rings. The standard InChI is InChI=1S/C46H86NO7P/c1-6-8-10-12-14-16-18-20-22-23-24-26-28-30-32-34-36-38-41-51-43-45(44-53-55(49,50)52-42-40-47(3,4)5)54-46(48)39-37-35-33-31-29-27-25-21-19-17-15-13-11-9-7-2/h8,10,14,16,20,22,24,26,45H,6-7,9,11-13,15,17-19,21,23,25,27-44H2,1-5H3/p+1/b10-8-,16-14-,22-20-,26-24-. The molecule has 8 nitrogen and oxygen atoms in total. The van der Waals surface area contributed by atoms with Crippen LogP contribution in [0, 0.1) is 0 Å². The molecule has 0 spiro atoms. The maximum absolute atomic E-state index is 12.7. The van der Waals surface area contributed by atoms with E-state index in [1.165, 1.54) is 89.9 Å². The average molecular weight is 797 g/mol. The Kier molecular flexibility index (Phi) is 38.2. The minimum Gasteiger partial charge on any atom is -0.457 e. The van der Waals surface area contributed by atoms with Crippen LogP contribution in [-0.2, 0) is 27.9 Å². The van der Waals surface area contributed by atoms with Gasteiger partial charge in [-0.2, -0.15) is 0 Å². The van der Waals surface area contributed by atoms with Crippen LogP contribution in [0.5, 0.6) is 0 Å². The number of carbonyl (C=O) groups is 1. The maximum atomic E-state index is 12.7. The number of phosphoric acid groups is 1. The predicted octanol–water partition coefficient (Wildman–Crippen LogP) is 13.2. The first-order valence-corrected chi connectivity index (χ1v) is 23.9. The second-order valence-corrected chi connectivity index (χ2v) is 17.5. The highest BCUT2D eigenvalue weighted by Gasteiger charge is 2.26. The number of allylic oxidation sites excluding steroid dienone is 8. The molecule has 9 heteroatoms. The van der Waals surface area contributed by atoms with Gasteiger partial charge >= 0.3 is 13.8 Å². The normalized spacial score (nSPS) is 14.2. The van der Waals surface area contributed by atoms with Crippen LogP contribution in [0.1, 0.15) is 181 Å². The van der Waals surface area contributed by atoms with Gasteiger partial charge in [0, 0.05) is 13.0 Å². The zero-order valence-electron chi connectivity index (χ0n) is 36.4. The van der Waals surface area contributed by atoms with Gasteiger partial charge in [-0.05, 0) is 51.4 Å². The van der Waals surface area contributed by atoms with Crippen molar-refractivity contribution in [2.24, 2.45) is 0 Å². The van der Waals surface area contributed by atoms with Crippen LogP contribution in [0.2, 0.25) is 0 Å². The molecule has 0 saturated heterocycles. The minimum atomic E-state index is -4.28. The Morgan fingerprint density at radius 3 is 1.58 bits per heavy atom. The van der Waals surface area contributed by atoms with Crippen molar-refractivity contribution < 1.29 is 37.3 Å². The Hall–Kier alpha value is -1.54. The van der Waals surface area contributed by atoms with Gasteiger partial charge in [-0.3, -0.25) is 13.8 Å². The Bertz CT molecular complexity index is 1020. The Morgan fingerprint density at radius 1 is 0.582 bits per heavy atom. The molecule has 0 amide bonds. The van der Waals surface area contributed by atoms with Crippen molar-refractivity contribution in [3.8, 4) is 0 Å². The smallest absolute Gasteiger partial charge is 0.457 e. The van der Waals surface area contributed by atoms with Crippen LogP contribution in [0.3, 0.4) is 0 Å². The minimum absolute atomic E-state index is 0.0842. The van der Waals surface area contributed by atoms with Crippen LogP contribution in [-0.4, -0.2) is 75.6 Å². The fourth-order valence-corrected chi connectivity index (χ4v) is 6.70. The molecule has 0 radical (unpaired) electrons. The van der Waals surface area contributed by atoms with E-state index in [2.05, 4.69) is 62.5 Å². The lowest BCUT2D eigenvalue weighted by atomic mass is 10.0. The molecule has 0 fully saturated rings. The molecule has 0 saturated carbocycles. The third-order valence-corrected chi connectivity index (χ3v) is 10.4. The number of quaternary nitrogens is 1. The van der Waals surface area contributed by atoms with E-state index < -0.39 is 13.9 Å². The summed E-state index contributed by atoms with van der Waals surface area (Å²) in [4.78, 5) is 22.9. The molecule has 2 unspecified atom stereocenters. The van der Waals surface area contributed by atoms with Gasteiger partial charge in [-0.25, -0.2) is 4.57 Å². The van der Waals surface area contributed by atoms with Crippen LogP contribution in [0.25, 0.3) is 0 Å². The van der Waals surface area contributed by atoms with Crippen molar-refractivity contribution in [2.45, 2.75) is 187 Å². The fraction of sp³-hybridized carbons (Fsp3) is 0.804. The van der Waals surface area contributed by atoms with Crippen LogP contribution >= 0.6 is 7.82 Å². The summed E-state index contributed by atoms with van der Waals surface area (Å²) in [6.45, 7) is 5.47. The third kappa shape index (κ3) is 43.4. The summed E-state index contributed by atoms with van der Waals surface area (Å²) >= 11 is 0. The number of esters is 1. The Balaban J connectivity index is 4.26. The van der Waals surface area contributed by atoms with Crippen LogP contribution in [0.15, 0.2) is 48.6 Å². The fourth-order valence-electron chi connectivity index (χ4n) is 5.96. The van der Waals surface area contributed by atoms with E-state index in [-0.39, 0.29) is 25.8 Å². The molecular weight excluding hydrogens is 709 g/mol. The van der Waals surface area contributed by atoms with E-state index in [1.807, 2.05) is 21.1 Å². The number of hydrogen-bond donors (Lipinski definition) is 1. The molecule has 0 aliphatic carbocycles. The van der Waals surface area contributed by atoms with Crippen molar-refractivity contribution in [2.75, 3.05) is 54.1 Å². The van der Waals surface area contributed by atoms with Gasteiger partial charge in [0.2, 0.25) is 0 Å². The highest BCUT2D eigenvalue weighted by Crippen LogP contribution is 2.43. The second-order valence-electron chi connectivity index (χ2n) is 16.1. The highest BCUT2D eigenvalue weighted by atomic mass is 31.2. The van der Waals surface area contributed by atoms with Gasteiger partial charge in [0.05, 0.1) is 34.4 Å². The maximum Gasteiger partial charge on any atom is 0.472 e. The Morgan fingerprint density at radius 2 is 1.05 bits per heavy atom. The molecule has 0 aliphatic rings. The van der Waals surface area contributed by atoms with E-state index in [9.17, 15) is 14.3 Å². The zero-order chi connectivity index (χ0) is 40.6. The molecule has 0 rings (SSSR count). The number of carbonyl (C=O) groups excluding carboxylic acids is 1. The Labute approximate surface area is 339 Å². The van der Waals surface area contributed by atoms with Crippen molar-refractivity contribution in [3.63, 3.8) is 0 Å². The van der Waals surface area contributed by atoms with Crippen molar-refractivity contribution in [1.82, 2.24) is 0 Å². The lowest BCUT2D eigenvalue weighted by Gasteiger charge is -2.24. The van der Waals surface area contributed by atoms with Crippen molar-refractivity contribution >= 4 is 13.8 Å². The summed E-state index contributed by atoms with van der Waals surface area (Å²) < 4.78 is 35.0. The quantitative estimate of drug-likeness (QED) is 0.0217. The van der Waals surface area contributed by atoms with Crippen molar-refractivity contribution in [3.05, 3.63) is 48.6 Å². The van der Waals surface area contributed by atoms with E-state index in [0.717, 1.165) is 70.6 Å². The summed E-state index contributed by atoms with van der Waals surface area (Å²) in [7, 11) is 1.65. The molecule has 0 aromatic heterocycles. The summed E-state index contributed by atoms with van der Waals surface area (Å²) in [6, 6.07) is 0. The lowest BCUT2D eigenvalue weighted by molar-refractivity contribution is -0.870. The molecule has 2 atom stereocenters. The van der Waals surface area contributed by atoms with Crippen LogP contribution < -0.4 is 0 Å². The zero-order valence-corrected chi connectivity index (χ0v) is 37.3. The first-order chi connectivity index (χ1) is 26.6. The van der Waals surface area contributed by atoms with Crippen molar-refractivity contribution in [1.29, 1.82) is 0 Å². The number of phosphoric ester groups is 1. The predicted molar refractivity (Wildman–Crippen MR) is 233 cm³/mol. The van der Waals surface area contributed by atoms with Gasteiger partial charge in [0.25, 0.3) is 0 Å². The molecule has 322 valence electrons. The number of hydrogen-bond acceptors (Lipinski definition) is 6. The molecule has 0 aromatic carbocycles. The summed E-state index contributed by atoms with van der Waals surface area (Å²) in [5.74, 6) is -0.320. The number of unbranched alkanes of at least 4 members (excludes halogenated alkanes) is 19. The highest BCUT2D eigenvalue weighted by molar-refractivity contribution is 7.47. The van der Waals surface area contributed by atoms with E-state index in [1.54, 1.807) is 0 Å². The molecular formula is C46H87NO7P+. The first-order valence-electron chi connectivity index (χ1n) is 22.4. The summed E-state index contributed by atoms with van der Waals surface area (Å²) in [6.07, 6.45) is 47.1. The third-order valence-electron chi connectivity index (χ3n) is 9.40. The van der Waals surface area contributed by atoms with Gasteiger partial charge < -0.3 is 18.9 Å². The molecule has 0 heterocycles. The number of rotatable bonds is 41. The first kappa shape index (κ1) is 53.5. The van der Waals surface area contributed by atoms with E-state index in [4.69, 9.17) is 18.5 Å². The molecule has 55 heavy (non-hydrogen) atoms. The van der Waals surface area contributed by atoms with Gasteiger partial charge in [-0.15, -0.1) is 0 Å². The average Bonchev–Trinajstić information content (AvgIpc) is 3.13.